The van der Waals surface area contributed by atoms with Gasteiger partial charge in [0, 0.05) is 33.2 Å². The third-order valence-corrected chi connectivity index (χ3v) is 4.35. The lowest BCUT2D eigenvalue weighted by Gasteiger charge is -2.32. The SMILES string of the molecule is CSCCCCNC1CCN(CC(=O)N(C)C)CC1. The van der Waals surface area contributed by atoms with Crippen molar-refractivity contribution in [1.29, 1.82) is 0 Å². The number of thioether (sulfide) groups is 1. The number of unbranched alkanes of at least 4 members (excludes halogenated alkanes) is 1. The number of nitrogens with one attached hydrogen (secondary N) is 1. The molecule has 112 valence electrons. The van der Waals surface area contributed by atoms with Crippen molar-refractivity contribution in [3.63, 3.8) is 0 Å². The molecule has 0 bridgehead atoms. The van der Waals surface area contributed by atoms with E-state index in [1.54, 1.807) is 4.90 Å². The fourth-order valence-electron chi connectivity index (χ4n) is 2.31. The van der Waals surface area contributed by atoms with Gasteiger partial charge in [-0.3, -0.25) is 9.69 Å². The number of likely N-dealkylation sites (tertiary alicyclic amines) is 1. The maximum atomic E-state index is 11.6. The number of hydrogen-bond acceptors (Lipinski definition) is 4. The zero-order chi connectivity index (χ0) is 14.1. The molecule has 1 rings (SSSR count). The molecule has 0 aromatic carbocycles. The molecule has 4 nitrogen and oxygen atoms in total. The minimum Gasteiger partial charge on any atom is -0.348 e. The van der Waals surface area contributed by atoms with Crippen LogP contribution in [0.4, 0.5) is 0 Å². The van der Waals surface area contributed by atoms with Gasteiger partial charge in [-0.05, 0) is 44.2 Å². The largest absolute Gasteiger partial charge is 0.348 e. The highest BCUT2D eigenvalue weighted by atomic mass is 32.2. The summed E-state index contributed by atoms with van der Waals surface area (Å²) in [5.74, 6) is 1.48. The van der Waals surface area contributed by atoms with Crippen molar-refractivity contribution in [3.8, 4) is 0 Å². The van der Waals surface area contributed by atoms with E-state index in [4.69, 9.17) is 0 Å². The predicted molar refractivity (Wildman–Crippen MR) is 83.8 cm³/mol. The Balaban J connectivity index is 2.07. The summed E-state index contributed by atoms with van der Waals surface area (Å²) >= 11 is 1.93. The van der Waals surface area contributed by atoms with Gasteiger partial charge < -0.3 is 10.2 Å². The van der Waals surface area contributed by atoms with Crippen LogP contribution in [-0.2, 0) is 4.79 Å². The maximum Gasteiger partial charge on any atom is 0.236 e. The Kier molecular flexibility index (Phi) is 8.50. The number of piperidine rings is 1. The van der Waals surface area contributed by atoms with Gasteiger partial charge in [0.1, 0.15) is 0 Å². The van der Waals surface area contributed by atoms with Gasteiger partial charge in [0.2, 0.25) is 5.91 Å². The standard InChI is InChI=1S/C14H29N3OS/c1-16(2)14(18)12-17-9-6-13(7-10-17)15-8-4-5-11-19-3/h13,15H,4-12H2,1-3H3. The Morgan fingerprint density at radius 3 is 2.58 bits per heavy atom. The molecule has 0 radical (unpaired) electrons. The molecular formula is C14H29N3OS. The van der Waals surface area contributed by atoms with E-state index >= 15 is 0 Å². The highest BCUT2D eigenvalue weighted by Crippen LogP contribution is 2.10. The highest BCUT2D eigenvalue weighted by Gasteiger charge is 2.20. The fraction of sp³-hybridized carbons (Fsp3) is 0.929. The van der Waals surface area contributed by atoms with Gasteiger partial charge in [0.05, 0.1) is 6.54 Å². The summed E-state index contributed by atoms with van der Waals surface area (Å²) in [5, 5.41) is 3.65. The molecule has 1 amide bonds. The van der Waals surface area contributed by atoms with Crippen molar-refractivity contribution in [2.24, 2.45) is 0 Å². The molecule has 5 heteroatoms. The molecule has 1 aliphatic rings. The van der Waals surface area contributed by atoms with Gasteiger partial charge in [-0.15, -0.1) is 0 Å². The first-order chi connectivity index (χ1) is 9.13. The Bertz CT molecular complexity index is 253. The summed E-state index contributed by atoms with van der Waals surface area (Å²) in [5.41, 5.74) is 0. The van der Waals surface area contributed by atoms with Crippen LogP contribution >= 0.6 is 11.8 Å². The molecule has 0 aromatic heterocycles. The Morgan fingerprint density at radius 2 is 2.00 bits per heavy atom. The van der Waals surface area contributed by atoms with Crippen LogP contribution in [0.2, 0.25) is 0 Å². The molecule has 0 aliphatic carbocycles. The van der Waals surface area contributed by atoms with Crippen LogP contribution in [0, 0.1) is 0 Å². The minimum atomic E-state index is 0.212. The van der Waals surface area contributed by atoms with Crippen molar-refractivity contribution in [2.45, 2.75) is 31.7 Å². The predicted octanol–water partition coefficient (Wildman–Crippen LogP) is 1.27. The summed E-state index contributed by atoms with van der Waals surface area (Å²) in [6.07, 6.45) is 7.09. The molecule has 0 spiro atoms. The lowest BCUT2D eigenvalue weighted by atomic mass is 10.0. The fourth-order valence-corrected chi connectivity index (χ4v) is 2.80. The van der Waals surface area contributed by atoms with Gasteiger partial charge in [-0.1, -0.05) is 0 Å². The average molecular weight is 287 g/mol. The van der Waals surface area contributed by atoms with Gasteiger partial charge in [0.15, 0.2) is 0 Å². The first-order valence-electron chi connectivity index (χ1n) is 7.28. The third-order valence-electron chi connectivity index (χ3n) is 3.65. The molecule has 1 aliphatic heterocycles. The van der Waals surface area contributed by atoms with Crippen molar-refractivity contribution in [3.05, 3.63) is 0 Å². The second kappa shape index (κ2) is 9.61. The summed E-state index contributed by atoms with van der Waals surface area (Å²) in [6, 6.07) is 0.653. The zero-order valence-corrected chi connectivity index (χ0v) is 13.5. The van der Waals surface area contributed by atoms with Gasteiger partial charge in [0.25, 0.3) is 0 Å². The number of carbonyl (C=O) groups is 1. The van der Waals surface area contributed by atoms with Gasteiger partial charge in [-0.25, -0.2) is 0 Å². The lowest BCUT2D eigenvalue weighted by Crippen LogP contribution is -2.46. The number of hydrogen-bond donors (Lipinski definition) is 1. The van der Waals surface area contributed by atoms with E-state index in [-0.39, 0.29) is 5.91 Å². The maximum absolute atomic E-state index is 11.6. The molecule has 0 aromatic rings. The summed E-state index contributed by atoms with van der Waals surface area (Å²) in [7, 11) is 3.65. The minimum absolute atomic E-state index is 0.212. The first-order valence-corrected chi connectivity index (χ1v) is 8.67. The molecule has 0 atom stereocenters. The number of rotatable bonds is 8. The summed E-state index contributed by atoms with van der Waals surface area (Å²) < 4.78 is 0. The molecule has 1 N–H and O–H groups in total. The number of likely N-dealkylation sites (N-methyl/N-ethyl adjacent to an activating group) is 1. The van der Waals surface area contributed by atoms with Crippen LogP contribution in [0.3, 0.4) is 0 Å². The van der Waals surface area contributed by atoms with E-state index in [1.807, 2.05) is 25.9 Å². The van der Waals surface area contributed by atoms with Crippen LogP contribution in [0.15, 0.2) is 0 Å². The smallest absolute Gasteiger partial charge is 0.236 e. The number of amides is 1. The monoisotopic (exact) mass is 287 g/mol. The Morgan fingerprint density at radius 1 is 1.32 bits per heavy atom. The molecule has 0 saturated carbocycles. The Labute approximate surface area is 122 Å². The normalized spacial score (nSPS) is 17.6. The topological polar surface area (TPSA) is 35.6 Å². The van der Waals surface area contributed by atoms with Crippen molar-refractivity contribution >= 4 is 17.7 Å². The molecule has 19 heavy (non-hydrogen) atoms. The second-order valence-corrected chi connectivity index (χ2v) is 6.48. The third kappa shape index (κ3) is 7.18. The van der Waals surface area contributed by atoms with Crippen molar-refractivity contribution in [1.82, 2.24) is 15.1 Å². The van der Waals surface area contributed by atoms with Crippen molar-refractivity contribution in [2.75, 3.05) is 52.3 Å². The molecular weight excluding hydrogens is 258 g/mol. The quantitative estimate of drug-likeness (QED) is 0.682. The van der Waals surface area contributed by atoms with E-state index in [2.05, 4.69) is 16.5 Å². The summed E-state index contributed by atoms with van der Waals surface area (Å²) in [4.78, 5) is 15.6. The zero-order valence-electron chi connectivity index (χ0n) is 12.7. The second-order valence-electron chi connectivity index (χ2n) is 5.49. The molecule has 0 unspecified atom stereocenters. The molecule has 1 saturated heterocycles. The van der Waals surface area contributed by atoms with Crippen LogP contribution in [0.5, 0.6) is 0 Å². The van der Waals surface area contributed by atoms with Crippen LogP contribution < -0.4 is 5.32 Å². The lowest BCUT2D eigenvalue weighted by molar-refractivity contribution is -0.130. The van der Waals surface area contributed by atoms with Crippen LogP contribution in [0.1, 0.15) is 25.7 Å². The molecule has 1 fully saturated rings. The van der Waals surface area contributed by atoms with Crippen LogP contribution in [-0.4, -0.2) is 74.0 Å². The first kappa shape index (κ1) is 16.8. The van der Waals surface area contributed by atoms with E-state index < -0.39 is 0 Å². The summed E-state index contributed by atoms with van der Waals surface area (Å²) in [6.45, 7) is 3.80. The van der Waals surface area contributed by atoms with E-state index in [9.17, 15) is 4.79 Å². The van der Waals surface area contributed by atoms with E-state index in [1.165, 1.54) is 31.4 Å². The van der Waals surface area contributed by atoms with E-state index in [0.29, 0.717) is 12.6 Å². The number of carbonyl (C=O) groups excluding carboxylic acids is 1. The van der Waals surface area contributed by atoms with Gasteiger partial charge >= 0.3 is 0 Å². The highest BCUT2D eigenvalue weighted by molar-refractivity contribution is 7.98. The number of nitrogens with zero attached hydrogens (tertiary/aromatic N) is 2. The van der Waals surface area contributed by atoms with E-state index in [0.717, 1.165) is 19.6 Å². The van der Waals surface area contributed by atoms with Crippen LogP contribution in [0.25, 0.3) is 0 Å². The average Bonchev–Trinajstić information content (AvgIpc) is 2.40. The van der Waals surface area contributed by atoms with Gasteiger partial charge in [-0.2, -0.15) is 11.8 Å². The van der Waals surface area contributed by atoms with Crippen molar-refractivity contribution < 1.29 is 4.79 Å². The Hall–Kier alpha value is -0.260. The molecule has 1 heterocycles.